The molecule has 0 saturated carbocycles. The quantitative estimate of drug-likeness (QED) is 0.703. The molecule has 2 aromatic rings. The molecule has 3 rings (SSSR count). The largest absolute Gasteiger partial charge is 0.346 e. The van der Waals surface area contributed by atoms with Crippen molar-refractivity contribution in [3.8, 4) is 5.69 Å². The van der Waals surface area contributed by atoms with E-state index in [-0.39, 0.29) is 18.4 Å². The number of carbonyl (C=O) groups excluding carboxylic acids is 3. The summed E-state index contributed by atoms with van der Waals surface area (Å²) >= 11 is 0. The number of nitrogens with one attached hydrogen (secondary N) is 1. The maximum Gasteiger partial charge on any atom is 0.312 e. The molecule has 3 amide bonds. The van der Waals surface area contributed by atoms with E-state index < -0.39 is 11.8 Å². The summed E-state index contributed by atoms with van der Waals surface area (Å²) in [6, 6.07) is 7.34. The monoisotopic (exact) mass is 385 g/mol. The second-order valence-electron chi connectivity index (χ2n) is 6.90. The van der Waals surface area contributed by atoms with Crippen LogP contribution >= 0.6 is 0 Å². The van der Waals surface area contributed by atoms with E-state index in [0.29, 0.717) is 26.2 Å². The van der Waals surface area contributed by atoms with Crippen LogP contribution in [0.2, 0.25) is 0 Å². The van der Waals surface area contributed by atoms with Crippen molar-refractivity contribution < 1.29 is 14.4 Å². The van der Waals surface area contributed by atoms with Gasteiger partial charge in [0.2, 0.25) is 5.91 Å². The van der Waals surface area contributed by atoms with Crippen LogP contribution in [0.1, 0.15) is 19.4 Å². The van der Waals surface area contributed by atoms with Crippen molar-refractivity contribution in [3.63, 3.8) is 0 Å². The Labute approximate surface area is 162 Å². The van der Waals surface area contributed by atoms with E-state index in [2.05, 4.69) is 20.8 Å². The first kappa shape index (κ1) is 19.5. The molecule has 148 valence electrons. The lowest BCUT2D eigenvalue weighted by atomic mass is 10.1. The van der Waals surface area contributed by atoms with E-state index in [9.17, 15) is 14.4 Å². The minimum atomic E-state index is -0.600. The Balaban J connectivity index is 1.50. The van der Waals surface area contributed by atoms with E-state index in [1.807, 2.05) is 24.3 Å². The van der Waals surface area contributed by atoms with E-state index in [4.69, 9.17) is 0 Å². The minimum Gasteiger partial charge on any atom is -0.346 e. The smallest absolute Gasteiger partial charge is 0.312 e. The topological polar surface area (TPSA) is 113 Å². The number of nitrogens with zero attached hydrogens (tertiary/aromatic N) is 6. The fraction of sp³-hybridized carbons (Fsp3) is 0.444. The van der Waals surface area contributed by atoms with Gasteiger partial charge in [-0.1, -0.05) is 12.1 Å². The van der Waals surface area contributed by atoms with Gasteiger partial charge in [-0.25, -0.2) is 4.68 Å². The van der Waals surface area contributed by atoms with Crippen molar-refractivity contribution in [2.24, 2.45) is 0 Å². The Bertz CT molecular complexity index is 825. The van der Waals surface area contributed by atoms with Gasteiger partial charge in [-0.05, 0) is 42.0 Å². The Morgan fingerprint density at radius 3 is 2.25 bits per heavy atom. The molecule has 0 bridgehead atoms. The molecule has 1 N–H and O–H groups in total. The summed E-state index contributed by atoms with van der Waals surface area (Å²) in [6.45, 7) is 5.15. The van der Waals surface area contributed by atoms with Crippen LogP contribution in [0.4, 0.5) is 0 Å². The molecular formula is C18H23N7O3. The molecule has 0 atom stereocenters. The van der Waals surface area contributed by atoms with Crippen LogP contribution in [0.25, 0.3) is 5.69 Å². The van der Waals surface area contributed by atoms with Crippen molar-refractivity contribution in [1.82, 2.24) is 35.3 Å². The van der Waals surface area contributed by atoms with Crippen LogP contribution in [0.15, 0.2) is 30.6 Å². The molecule has 1 aromatic carbocycles. The van der Waals surface area contributed by atoms with Gasteiger partial charge in [0.25, 0.3) is 0 Å². The van der Waals surface area contributed by atoms with Crippen LogP contribution in [-0.4, -0.2) is 79.9 Å². The number of amides is 3. The predicted molar refractivity (Wildman–Crippen MR) is 99.3 cm³/mol. The summed E-state index contributed by atoms with van der Waals surface area (Å²) in [5.74, 6) is -1.15. The molecule has 10 heteroatoms. The first-order chi connectivity index (χ1) is 13.4. The number of hydrogen-bond acceptors (Lipinski definition) is 6. The Morgan fingerprint density at radius 1 is 1.04 bits per heavy atom. The van der Waals surface area contributed by atoms with Gasteiger partial charge in [-0.15, -0.1) is 5.10 Å². The highest BCUT2D eigenvalue weighted by Gasteiger charge is 2.28. The fourth-order valence-electron chi connectivity index (χ4n) is 2.96. The Morgan fingerprint density at radius 2 is 1.68 bits per heavy atom. The number of benzene rings is 1. The number of rotatable bonds is 4. The van der Waals surface area contributed by atoms with Crippen LogP contribution in [0.3, 0.4) is 0 Å². The van der Waals surface area contributed by atoms with E-state index in [1.54, 1.807) is 18.7 Å². The molecule has 1 aliphatic rings. The van der Waals surface area contributed by atoms with Crippen LogP contribution < -0.4 is 5.32 Å². The van der Waals surface area contributed by atoms with Crippen molar-refractivity contribution in [1.29, 1.82) is 0 Å². The van der Waals surface area contributed by atoms with Gasteiger partial charge in [0, 0.05) is 32.2 Å². The Kier molecular flexibility index (Phi) is 5.97. The van der Waals surface area contributed by atoms with Gasteiger partial charge >= 0.3 is 11.8 Å². The summed E-state index contributed by atoms with van der Waals surface area (Å²) in [6.07, 6.45) is 1.78. The zero-order valence-corrected chi connectivity index (χ0v) is 15.9. The molecular weight excluding hydrogens is 362 g/mol. The first-order valence-electron chi connectivity index (χ1n) is 9.14. The maximum atomic E-state index is 12.5. The van der Waals surface area contributed by atoms with E-state index in [0.717, 1.165) is 11.3 Å². The van der Waals surface area contributed by atoms with Crippen LogP contribution in [0, 0.1) is 0 Å². The zero-order chi connectivity index (χ0) is 20.1. The normalized spacial score (nSPS) is 14.2. The van der Waals surface area contributed by atoms with Crippen molar-refractivity contribution in [2.75, 3.05) is 26.2 Å². The molecule has 28 heavy (non-hydrogen) atoms. The standard InChI is InChI=1S/C18H23N7O3/c1-13(2)20-17(27)18(28)24-9-7-23(8-10-24)16(26)11-14-3-5-15(6-4-14)25-12-19-21-22-25/h3-6,12-13H,7-11H2,1-2H3,(H,20,27). The summed E-state index contributed by atoms with van der Waals surface area (Å²) in [7, 11) is 0. The molecule has 1 aliphatic heterocycles. The van der Waals surface area contributed by atoms with Gasteiger partial charge in [0.1, 0.15) is 6.33 Å². The zero-order valence-electron chi connectivity index (χ0n) is 15.9. The highest BCUT2D eigenvalue weighted by molar-refractivity contribution is 6.35. The SMILES string of the molecule is CC(C)NC(=O)C(=O)N1CCN(C(=O)Cc2ccc(-n3cnnn3)cc2)CC1. The minimum absolute atomic E-state index is 0.00564. The molecule has 1 aromatic heterocycles. The van der Waals surface area contributed by atoms with E-state index >= 15 is 0 Å². The molecule has 2 heterocycles. The van der Waals surface area contributed by atoms with Crippen molar-refractivity contribution in [3.05, 3.63) is 36.2 Å². The second kappa shape index (κ2) is 8.59. The van der Waals surface area contributed by atoms with Crippen LogP contribution in [-0.2, 0) is 20.8 Å². The second-order valence-corrected chi connectivity index (χ2v) is 6.90. The molecule has 0 spiro atoms. The molecule has 0 aliphatic carbocycles. The fourth-order valence-corrected chi connectivity index (χ4v) is 2.96. The molecule has 0 unspecified atom stereocenters. The number of piperazine rings is 1. The lowest BCUT2D eigenvalue weighted by molar-refractivity contribution is -0.148. The molecule has 0 radical (unpaired) electrons. The van der Waals surface area contributed by atoms with Gasteiger partial charge in [-0.3, -0.25) is 14.4 Å². The summed E-state index contributed by atoms with van der Waals surface area (Å²) in [5, 5.41) is 13.6. The average molecular weight is 385 g/mol. The number of aromatic nitrogens is 4. The van der Waals surface area contributed by atoms with Gasteiger partial charge in [0.05, 0.1) is 12.1 Å². The third-order valence-electron chi connectivity index (χ3n) is 4.44. The molecule has 1 saturated heterocycles. The highest BCUT2D eigenvalue weighted by atomic mass is 16.2. The third-order valence-corrected chi connectivity index (χ3v) is 4.44. The number of tetrazole rings is 1. The van der Waals surface area contributed by atoms with Crippen LogP contribution in [0.5, 0.6) is 0 Å². The van der Waals surface area contributed by atoms with Gasteiger partial charge in [0.15, 0.2) is 0 Å². The van der Waals surface area contributed by atoms with Crippen molar-refractivity contribution in [2.45, 2.75) is 26.3 Å². The van der Waals surface area contributed by atoms with Crippen molar-refractivity contribution >= 4 is 17.7 Å². The Hall–Kier alpha value is -3.30. The van der Waals surface area contributed by atoms with Gasteiger partial charge in [-0.2, -0.15) is 0 Å². The molecule has 1 fully saturated rings. The van der Waals surface area contributed by atoms with E-state index in [1.165, 1.54) is 15.9 Å². The number of carbonyl (C=O) groups is 3. The lowest BCUT2D eigenvalue weighted by Gasteiger charge is -2.34. The molecule has 10 nitrogen and oxygen atoms in total. The maximum absolute atomic E-state index is 12.5. The van der Waals surface area contributed by atoms with Gasteiger partial charge < -0.3 is 15.1 Å². The predicted octanol–water partition coefficient (Wildman–Crippen LogP) is -0.600. The first-order valence-corrected chi connectivity index (χ1v) is 9.14. The third kappa shape index (κ3) is 4.70. The lowest BCUT2D eigenvalue weighted by Crippen LogP contribution is -2.54. The number of hydrogen-bond donors (Lipinski definition) is 1. The highest BCUT2D eigenvalue weighted by Crippen LogP contribution is 2.11. The summed E-state index contributed by atoms with van der Waals surface area (Å²) in [5.41, 5.74) is 1.70. The summed E-state index contributed by atoms with van der Waals surface area (Å²) < 4.78 is 1.54. The summed E-state index contributed by atoms with van der Waals surface area (Å²) in [4.78, 5) is 39.7. The average Bonchev–Trinajstić information content (AvgIpc) is 3.22.